The van der Waals surface area contributed by atoms with E-state index >= 15 is 0 Å². The average Bonchev–Trinajstić information content (AvgIpc) is 2.44. The summed E-state index contributed by atoms with van der Waals surface area (Å²) in [4.78, 5) is 7.65. The van der Waals surface area contributed by atoms with Crippen molar-refractivity contribution >= 4 is 11.6 Å². The molecule has 0 radical (unpaired) electrons. The highest BCUT2D eigenvalue weighted by Gasteiger charge is 2.32. The van der Waals surface area contributed by atoms with Crippen LogP contribution >= 0.6 is 0 Å². The van der Waals surface area contributed by atoms with Crippen LogP contribution in [0.4, 0.5) is 24.8 Å². The van der Waals surface area contributed by atoms with Gasteiger partial charge in [-0.15, -0.1) is 0 Å². The van der Waals surface area contributed by atoms with Gasteiger partial charge in [0.1, 0.15) is 6.33 Å². The number of nitrogen functional groups attached to an aromatic ring is 1. The van der Waals surface area contributed by atoms with Gasteiger partial charge in [-0.2, -0.15) is 13.2 Å². The fraction of sp³-hybridized carbons (Fsp3) is 0.231. The lowest BCUT2D eigenvalue weighted by Crippen LogP contribution is -2.12. The lowest BCUT2D eigenvalue weighted by molar-refractivity contribution is -0.138. The van der Waals surface area contributed by atoms with Crippen LogP contribution in [0.1, 0.15) is 11.1 Å². The second-order valence-corrected chi connectivity index (χ2v) is 4.15. The van der Waals surface area contributed by atoms with Crippen molar-refractivity contribution in [1.82, 2.24) is 9.97 Å². The van der Waals surface area contributed by atoms with E-state index < -0.39 is 11.7 Å². The van der Waals surface area contributed by atoms with Gasteiger partial charge in [-0.1, -0.05) is 18.2 Å². The molecule has 112 valence electrons. The Hall–Kier alpha value is -2.51. The van der Waals surface area contributed by atoms with E-state index in [0.717, 1.165) is 6.07 Å². The summed E-state index contributed by atoms with van der Waals surface area (Å²) in [6.07, 6.45) is -3.21. The van der Waals surface area contributed by atoms with E-state index in [-0.39, 0.29) is 29.5 Å². The Bertz CT molecular complexity index is 631. The number of hydrogen-bond donors (Lipinski definition) is 2. The summed E-state index contributed by atoms with van der Waals surface area (Å²) in [6.45, 7) is -0.0670. The summed E-state index contributed by atoms with van der Waals surface area (Å²) < 4.78 is 43.7. The van der Waals surface area contributed by atoms with Gasteiger partial charge in [0.05, 0.1) is 12.7 Å². The second-order valence-electron chi connectivity index (χ2n) is 4.15. The average molecular weight is 298 g/mol. The highest BCUT2D eigenvalue weighted by Crippen LogP contribution is 2.33. The van der Waals surface area contributed by atoms with Crippen molar-refractivity contribution in [2.45, 2.75) is 12.7 Å². The van der Waals surface area contributed by atoms with E-state index in [1.54, 1.807) is 0 Å². The van der Waals surface area contributed by atoms with Crippen LogP contribution in [-0.2, 0) is 12.7 Å². The van der Waals surface area contributed by atoms with Gasteiger partial charge in [0.25, 0.3) is 0 Å². The van der Waals surface area contributed by atoms with E-state index in [0.29, 0.717) is 0 Å². The second kappa shape index (κ2) is 5.86. The third kappa shape index (κ3) is 3.33. The third-order valence-corrected chi connectivity index (χ3v) is 2.80. The van der Waals surface area contributed by atoms with Crippen LogP contribution in [0.3, 0.4) is 0 Å². The van der Waals surface area contributed by atoms with Gasteiger partial charge in [-0.05, 0) is 11.6 Å². The molecule has 0 aliphatic heterocycles. The normalized spacial score (nSPS) is 11.2. The Morgan fingerprint density at radius 3 is 2.62 bits per heavy atom. The van der Waals surface area contributed by atoms with Gasteiger partial charge < -0.3 is 15.8 Å². The van der Waals surface area contributed by atoms with E-state index in [9.17, 15) is 13.2 Å². The lowest BCUT2D eigenvalue weighted by atomic mass is 10.1. The van der Waals surface area contributed by atoms with Crippen molar-refractivity contribution in [3.05, 3.63) is 41.7 Å². The number of nitrogens with zero attached hydrogens (tertiary/aromatic N) is 2. The molecule has 0 fully saturated rings. The summed E-state index contributed by atoms with van der Waals surface area (Å²) in [6, 6.07) is 5.31. The molecule has 0 bridgehead atoms. The molecule has 0 unspecified atom stereocenters. The number of hydrogen-bond acceptors (Lipinski definition) is 5. The van der Waals surface area contributed by atoms with Gasteiger partial charge in [0.2, 0.25) is 5.75 Å². The number of nitrogens with one attached hydrogen (secondary N) is 1. The van der Waals surface area contributed by atoms with Crippen molar-refractivity contribution in [2.24, 2.45) is 0 Å². The molecule has 0 saturated heterocycles. The van der Waals surface area contributed by atoms with E-state index in [1.165, 1.54) is 31.6 Å². The largest absolute Gasteiger partial charge is 0.490 e. The molecular weight excluding hydrogens is 285 g/mol. The van der Waals surface area contributed by atoms with Gasteiger partial charge in [-0.3, -0.25) is 0 Å². The molecule has 5 nitrogen and oxygen atoms in total. The van der Waals surface area contributed by atoms with Crippen molar-refractivity contribution in [1.29, 1.82) is 0 Å². The molecule has 0 saturated carbocycles. The number of methoxy groups -OCH3 is 1. The van der Waals surface area contributed by atoms with Crippen LogP contribution in [0.2, 0.25) is 0 Å². The molecule has 0 aliphatic rings. The molecule has 1 aromatic carbocycles. The molecule has 21 heavy (non-hydrogen) atoms. The fourth-order valence-electron chi connectivity index (χ4n) is 1.84. The van der Waals surface area contributed by atoms with E-state index in [4.69, 9.17) is 10.5 Å². The van der Waals surface area contributed by atoms with Crippen molar-refractivity contribution in [3.63, 3.8) is 0 Å². The van der Waals surface area contributed by atoms with Crippen LogP contribution in [0.15, 0.2) is 30.6 Å². The highest BCUT2D eigenvalue weighted by atomic mass is 19.4. The van der Waals surface area contributed by atoms with Crippen LogP contribution in [0, 0.1) is 0 Å². The number of anilines is 2. The first kappa shape index (κ1) is 14.9. The minimum Gasteiger partial charge on any atom is -0.490 e. The number of alkyl halides is 3. The van der Waals surface area contributed by atoms with E-state index in [2.05, 4.69) is 15.3 Å². The number of benzene rings is 1. The van der Waals surface area contributed by atoms with Crippen molar-refractivity contribution < 1.29 is 17.9 Å². The van der Waals surface area contributed by atoms with Crippen LogP contribution in [0.5, 0.6) is 5.75 Å². The maximum absolute atomic E-state index is 12.9. The highest BCUT2D eigenvalue weighted by molar-refractivity contribution is 5.61. The summed E-state index contributed by atoms with van der Waals surface area (Å²) in [5.74, 6) is 0.545. The molecular formula is C13H13F3N4O. The Kier molecular flexibility index (Phi) is 4.15. The topological polar surface area (TPSA) is 73.1 Å². The van der Waals surface area contributed by atoms with Crippen LogP contribution < -0.4 is 15.8 Å². The first-order valence-electron chi connectivity index (χ1n) is 5.97. The molecule has 2 aromatic rings. The standard InChI is InChI=1S/C13H13F3N4O/c1-21-10-11(17)19-7-20-12(10)18-6-8-4-2-3-5-9(8)13(14,15)16/h2-5,7H,6H2,1H3,(H3,17,18,19,20). The van der Waals surface area contributed by atoms with Crippen LogP contribution in [-0.4, -0.2) is 17.1 Å². The Morgan fingerprint density at radius 2 is 1.95 bits per heavy atom. The molecule has 0 amide bonds. The summed E-state index contributed by atoms with van der Waals surface area (Å²) in [5, 5.41) is 2.78. The first-order valence-corrected chi connectivity index (χ1v) is 5.97. The quantitative estimate of drug-likeness (QED) is 0.908. The van der Waals surface area contributed by atoms with Gasteiger partial charge in [0, 0.05) is 6.54 Å². The molecule has 3 N–H and O–H groups in total. The van der Waals surface area contributed by atoms with Gasteiger partial charge in [-0.25, -0.2) is 9.97 Å². The molecule has 1 aromatic heterocycles. The van der Waals surface area contributed by atoms with Gasteiger partial charge >= 0.3 is 6.18 Å². The Morgan fingerprint density at radius 1 is 1.24 bits per heavy atom. The van der Waals surface area contributed by atoms with Gasteiger partial charge in [0.15, 0.2) is 11.6 Å². The fourth-order valence-corrected chi connectivity index (χ4v) is 1.84. The SMILES string of the molecule is COc1c(N)ncnc1NCc1ccccc1C(F)(F)F. The Labute approximate surface area is 119 Å². The third-order valence-electron chi connectivity index (χ3n) is 2.80. The minimum atomic E-state index is -4.41. The monoisotopic (exact) mass is 298 g/mol. The molecule has 0 atom stereocenters. The van der Waals surface area contributed by atoms with Crippen LogP contribution in [0.25, 0.3) is 0 Å². The Balaban J connectivity index is 2.24. The lowest BCUT2D eigenvalue weighted by Gasteiger charge is -2.15. The zero-order valence-electron chi connectivity index (χ0n) is 11.1. The molecule has 8 heteroatoms. The zero-order chi connectivity index (χ0) is 15.5. The number of halogens is 3. The summed E-state index contributed by atoms with van der Waals surface area (Å²) in [5.41, 5.74) is 5.01. The molecule has 0 spiro atoms. The number of aromatic nitrogens is 2. The number of rotatable bonds is 4. The summed E-state index contributed by atoms with van der Waals surface area (Å²) >= 11 is 0. The molecule has 1 heterocycles. The first-order chi connectivity index (χ1) is 9.93. The smallest absolute Gasteiger partial charge is 0.416 e. The van der Waals surface area contributed by atoms with E-state index in [1.807, 2.05) is 0 Å². The predicted octanol–water partition coefficient (Wildman–Crippen LogP) is 2.70. The maximum atomic E-state index is 12.9. The minimum absolute atomic E-state index is 0.0670. The zero-order valence-corrected chi connectivity index (χ0v) is 11.1. The number of nitrogens with two attached hydrogens (primary N) is 1. The predicted molar refractivity (Wildman–Crippen MR) is 71.8 cm³/mol. The number of ether oxygens (including phenoxy) is 1. The summed E-state index contributed by atoms with van der Waals surface area (Å²) in [7, 11) is 1.38. The van der Waals surface area contributed by atoms with Crippen molar-refractivity contribution in [3.8, 4) is 5.75 Å². The molecule has 2 rings (SSSR count). The molecule has 0 aliphatic carbocycles. The maximum Gasteiger partial charge on any atom is 0.416 e. The van der Waals surface area contributed by atoms with Crippen molar-refractivity contribution in [2.75, 3.05) is 18.2 Å².